The van der Waals surface area contributed by atoms with E-state index in [4.69, 9.17) is 5.73 Å². The molecule has 19 heavy (non-hydrogen) atoms. The molecule has 1 unspecified atom stereocenters. The molecule has 0 fully saturated rings. The van der Waals surface area contributed by atoms with Crippen molar-refractivity contribution in [2.45, 2.75) is 13.0 Å². The van der Waals surface area contributed by atoms with Crippen LogP contribution in [-0.2, 0) is 4.79 Å². The molecular weight excluding hydrogens is 262 g/mol. The van der Waals surface area contributed by atoms with Crippen LogP contribution in [0.25, 0.3) is 0 Å². The first-order valence-corrected chi connectivity index (χ1v) is 6.53. The number of nitrogens with zero attached hydrogens (tertiary/aromatic N) is 1. The zero-order valence-electron chi connectivity index (χ0n) is 10.3. The van der Waals surface area contributed by atoms with Gasteiger partial charge in [0.25, 0.3) is 0 Å². The number of anilines is 1. The highest BCUT2D eigenvalue weighted by Gasteiger charge is 2.17. The van der Waals surface area contributed by atoms with E-state index in [0.717, 1.165) is 5.56 Å². The summed E-state index contributed by atoms with van der Waals surface area (Å²) in [5.41, 5.74) is 6.92. The molecule has 0 aliphatic carbocycles. The average Bonchev–Trinajstić information content (AvgIpc) is 2.87. The van der Waals surface area contributed by atoms with Crippen LogP contribution in [0, 0.1) is 0 Å². The van der Waals surface area contributed by atoms with E-state index in [0.29, 0.717) is 10.8 Å². The van der Waals surface area contributed by atoms with E-state index in [1.54, 1.807) is 17.5 Å². The Labute approximate surface area is 114 Å². The number of Topliss-reactive ketones (excluding diaryl/α,β-unsaturated/α-hetero) is 1. The number of carbonyl (C=O) groups is 2. The number of benzene rings is 1. The van der Waals surface area contributed by atoms with Crippen molar-refractivity contribution in [2.24, 2.45) is 5.73 Å². The molecule has 2 aromatic rings. The van der Waals surface area contributed by atoms with Crippen molar-refractivity contribution < 1.29 is 9.59 Å². The lowest BCUT2D eigenvalue weighted by Crippen LogP contribution is -2.27. The molecule has 1 heterocycles. The minimum atomic E-state index is -0.758. The standard InChI is InChI=1S/C13H13N3O2S/c1-8(17)10-7-19-13(15-10)16-12(18)11(14)9-5-3-2-4-6-9/h2-7,11H,14H2,1H3,(H,15,16,18). The lowest BCUT2D eigenvalue weighted by molar-refractivity contribution is -0.117. The van der Waals surface area contributed by atoms with Gasteiger partial charge in [-0.15, -0.1) is 11.3 Å². The molecule has 1 aromatic carbocycles. The van der Waals surface area contributed by atoms with Crippen molar-refractivity contribution in [1.82, 2.24) is 4.98 Å². The molecule has 3 N–H and O–H groups in total. The summed E-state index contributed by atoms with van der Waals surface area (Å²) in [6.07, 6.45) is 0. The van der Waals surface area contributed by atoms with Crippen LogP contribution < -0.4 is 11.1 Å². The number of carbonyl (C=O) groups excluding carboxylic acids is 2. The Morgan fingerprint density at radius 3 is 2.58 bits per heavy atom. The average molecular weight is 275 g/mol. The van der Waals surface area contributed by atoms with Gasteiger partial charge in [-0.1, -0.05) is 30.3 Å². The summed E-state index contributed by atoms with van der Waals surface area (Å²) < 4.78 is 0. The van der Waals surface area contributed by atoms with E-state index in [2.05, 4.69) is 10.3 Å². The SMILES string of the molecule is CC(=O)c1csc(NC(=O)C(N)c2ccccc2)n1. The van der Waals surface area contributed by atoms with Gasteiger partial charge >= 0.3 is 0 Å². The number of hydrogen-bond acceptors (Lipinski definition) is 5. The molecule has 6 heteroatoms. The molecule has 1 aromatic heterocycles. The summed E-state index contributed by atoms with van der Waals surface area (Å²) >= 11 is 1.20. The highest BCUT2D eigenvalue weighted by molar-refractivity contribution is 7.14. The summed E-state index contributed by atoms with van der Waals surface area (Å²) in [4.78, 5) is 27.1. The number of aromatic nitrogens is 1. The smallest absolute Gasteiger partial charge is 0.247 e. The van der Waals surface area contributed by atoms with Gasteiger partial charge in [-0.2, -0.15) is 0 Å². The number of amides is 1. The van der Waals surface area contributed by atoms with Crippen LogP contribution in [0.3, 0.4) is 0 Å². The van der Waals surface area contributed by atoms with Crippen molar-refractivity contribution in [3.05, 3.63) is 47.0 Å². The summed E-state index contributed by atoms with van der Waals surface area (Å²) in [6.45, 7) is 1.43. The first-order valence-electron chi connectivity index (χ1n) is 5.66. The highest BCUT2D eigenvalue weighted by atomic mass is 32.1. The Morgan fingerprint density at radius 1 is 1.32 bits per heavy atom. The van der Waals surface area contributed by atoms with Gasteiger partial charge in [-0.3, -0.25) is 9.59 Å². The molecule has 0 spiro atoms. The molecule has 0 aliphatic heterocycles. The van der Waals surface area contributed by atoms with Crippen LogP contribution in [-0.4, -0.2) is 16.7 Å². The third-order valence-corrected chi connectivity index (χ3v) is 3.29. The highest BCUT2D eigenvalue weighted by Crippen LogP contribution is 2.18. The third-order valence-electron chi connectivity index (χ3n) is 2.54. The minimum Gasteiger partial charge on any atom is -0.316 e. The molecule has 2 rings (SSSR count). The number of nitrogens with two attached hydrogens (primary N) is 1. The predicted octanol–water partition coefficient (Wildman–Crippen LogP) is 1.98. The normalized spacial score (nSPS) is 11.9. The number of ketones is 1. The second-order valence-electron chi connectivity index (χ2n) is 3.97. The maximum absolute atomic E-state index is 11.9. The number of thiazole rings is 1. The van der Waals surface area contributed by atoms with Gasteiger partial charge in [0.15, 0.2) is 10.9 Å². The van der Waals surface area contributed by atoms with Crippen LogP contribution in [0.5, 0.6) is 0 Å². The van der Waals surface area contributed by atoms with E-state index in [-0.39, 0.29) is 11.7 Å². The molecule has 1 atom stereocenters. The van der Waals surface area contributed by atoms with Gasteiger partial charge in [0, 0.05) is 12.3 Å². The quantitative estimate of drug-likeness (QED) is 0.835. The summed E-state index contributed by atoms with van der Waals surface area (Å²) in [5, 5.41) is 4.59. The molecule has 0 saturated heterocycles. The molecule has 0 saturated carbocycles. The molecule has 5 nitrogen and oxygen atoms in total. The monoisotopic (exact) mass is 275 g/mol. The fraction of sp³-hybridized carbons (Fsp3) is 0.154. The molecule has 0 aliphatic rings. The van der Waals surface area contributed by atoms with Gasteiger partial charge in [-0.05, 0) is 5.56 Å². The summed E-state index contributed by atoms with van der Waals surface area (Å²) in [7, 11) is 0. The largest absolute Gasteiger partial charge is 0.316 e. The van der Waals surface area contributed by atoms with E-state index >= 15 is 0 Å². The van der Waals surface area contributed by atoms with Crippen molar-refractivity contribution in [2.75, 3.05) is 5.32 Å². The maximum atomic E-state index is 11.9. The van der Waals surface area contributed by atoms with Crippen molar-refractivity contribution >= 4 is 28.2 Å². The lowest BCUT2D eigenvalue weighted by Gasteiger charge is -2.10. The van der Waals surface area contributed by atoms with Crippen LogP contribution in [0.2, 0.25) is 0 Å². The Hall–Kier alpha value is -2.05. The fourth-order valence-electron chi connectivity index (χ4n) is 1.49. The Bertz CT molecular complexity index is 595. The topological polar surface area (TPSA) is 85.1 Å². The van der Waals surface area contributed by atoms with Crippen molar-refractivity contribution in [3.8, 4) is 0 Å². The van der Waals surface area contributed by atoms with Gasteiger partial charge in [0.1, 0.15) is 11.7 Å². The second kappa shape index (κ2) is 5.73. The van der Waals surface area contributed by atoms with Crippen molar-refractivity contribution in [3.63, 3.8) is 0 Å². The summed E-state index contributed by atoms with van der Waals surface area (Å²) in [5.74, 6) is -0.486. The summed E-state index contributed by atoms with van der Waals surface area (Å²) in [6, 6.07) is 8.30. The fourth-order valence-corrected chi connectivity index (χ4v) is 2.24. The lowest BCUT2D eigenvalue weighted by atomic mass is 10.1. The molecule has 0 radical (unpaired) electrons. The number of rotatable bonds is 4. The number of nitrogens with one attached hydrogen (secondary N) is 1. The zero-order valence-corrected chi connectivity index (χ0v) is 11.1. The Balaban J connectivity index is 2.06. The van der Waals surface area contributed by atoms with E-state index in [1.807, 2.05) is 18.2 Å². The minimum absolute atomic E-state index is 0.135. The maximum Gasteiger partial charge on any atom is 0.247 e. The zero-order chi connectivity index (χ0) is 13.8. The van der Waals surface area contributed by atoms with Crippen LogP contribution in [0.15, 0.2) is 35.7 Å². The predicted molar refractivity (Wildman–Crippen MR) is 74.1 cm³/mol. The third kappa shape index (κ3) is 3.24. The van der Waals surface area contributed by atoms with Gasteiger partial charge in [0.05, 0.1) is 0 Å². The molecule has 98 valence electrons. The van der Waals surface area contributed by atoms with E-state index in [1.165, 1.54) is 18.3 Å². The van der Waals surface area contributed by atoms with Gasteiger partial charge in [0.2, 0.25) is 5.91 Å². The van der Waals surface area contributed by atoms with Gasteiger partial charge in [-0.25, -0.2) is 4.98 Å². The van der Waals surface area contributed by atoms with E-state index < -0.39 is 6.04 Å². The molecule has 1 amide bonds. The van der Waals surface area contributed by atoms with E-state index in [9.17, 15) is 9.59 Å². The van der Waals surface area contributed by atoms with Gasteiger partial charge < -0.3 is 11.1 Å². The Kier molecular flexibility index (Phi) is 4.03. The molecular formula is C13H13N3O2S. The van der Waals surface area contributed by atoms with Crippen molar-refractivity contribution in [1.29, 1.82) is 0 Å². The number of hydrogen-bond donors (Lipinski definition) is 2. The molecule has 0 bridgehead atoms. The first-order chi connectivity index (χ1) is 9.08. The first kappa shape index (κ1) is 13.4. The van der Waals surface area contributed by atoms with Crippen LogP contribution >= 0.6 is 11.3 Å². The van der Waals surface area contributed by atoms with Crippen LogP contribution in [0.4, 0.5) is 5.13 Å². The second-order valence-corrected chi connectivity index (χ2v) is 4.83. The van der Waals surface area contributed by atoms with Crippen LogP contribution in [0.1, 0.15) is 29.0 Å². The Morgan fingerprint density at radius 2 is 2.00 bits per heavy atom.